The van der Waals surface area contributed by atoms with Gasteiger partial charge in [0.2, 0.25) is 0 Å². The third-order valence-corrected chi connectivity index (χ3v) is 3.16. The number of rotatable bonds is 10. The smallest absolute Gasteiger partial charge is 0.311 e. The summed E-state index contributed by atoms with van der Waals surface area (Å²) in [5, 5.41) is 2.99. The highest BCUT2D eigenvalue weighted by Crippen LogP contribution is 2.15. The van der Waals surface area contributed by atoms with Crippen molar-refractivity contribution in [2.45, 2.75) is 46.0 Å². The molecule has 22 heavy (non-hydrogen) atoms. The van der Waals surface area contributed by atoms with E-state index in [0.717, 1.165) is 32.2 Å². The van der Waals surface area contributed by atoms with Crippen LogP contribution < -0.4 is 10.1 Å². The number of hydrogen-bond donors (Lipinski definition) is 1. The van der Waals surface area contributed by atoms with Crippen LogP contribution in [0.5, 0.6) is 5.75 Å². The third-order valence-electron chi connectivity index (χ3n) is 3.16. The summed E-state index contributed by atoms with van der Waals surface area (Å²) in [5.74, 6) is 0.206. The topological polar surface area (TPSA) is 55.4 Å². The fraction of sp³-hybridized carbons (Fsp3) is 0.529. The lowest BCUT2D eigenvalue weighted by molar-refractivity contribution is -0.134. The number of halogens is 1. The van der Waals surface area contributed by atoms with Crippen molar-refractivity contribution >= 4 is 24.2 Å². The van der Waals surface area contributed by atoms with Gasteiger partial charge < -0.3 is 10.1 Å². The van der Waals surface area contributed by atoms with E-state index < -0.39 is 0 Å². The number of nitrogens with one attached hydrogen (secondary N) is 1. The van der Waals surface area contributed by atoms with E-state index in [1.165, 1.54) is 0 Å². The maximum absolute atomic E-state index is 11.9. The Hall–Kier alpha value is -1.39. The van der Waals surface area contributed by atoms with Crippen molar-refractivity contribution in [1.29, 1.82) is 0 Å². The summed E-state index contributed by atoms with van der Waals surface area (Å²) < 4.78 is 5.28. The van der Waals surface area contributed by atoms with Crippen LogP contribution in [0.2, 0.25) is 0 Å². The largest absolute Gasteiger partial charge is 0.427 e. The van der Waals surface area contributed by atoms with Gasteiger partial charge in [-0.1, -0.05) is 45.2 Å². The molecule has 4 nitrogen and oxygen atoms in total. The number of Topliss-reactive ketones (excluding diaryl/α,β-unsaturated/α-hetero) is 1. The van der Waals surface area contributed by atoms with Crippen LogP contribution in [0.25, 0.3) is 0 Å². The molecule has 1 aromatic carbocycles. The lowest BCUT2D eigenvalue weighted by atomic mass is 10.1. The normalized spacial score (nSPS) is 9.91. The van der Waals surface area contributed by atoms with E-state index in [1.807, 2.05) is 6.92 Å². The first-order chi connectivity index (χ1) is 10.2. The Balaban J connectivity index is 0.00000441. The molecule has 0 atom stereocenters. The van der Waals surface area contributed by atoms with Crippen LogP contribution in [0.3, 0.4) is 0 Å². The van der Waals surface area contributed by atoms with Crippen LogP contribution in [0.1, 0.15) is 56.3 Å². The van der Waals surface area contributed by atoms with Gasteiger partial charge in [0.25, 0.3) is 0 Å². The quantitative estimate of drug-likeness (QED) is 0.307. The summed E-state index contributed by atoms with van der Waals surface area (Å²) in [7, 11) is 0. The van der Waals surface area contributed by atoms with Crippen molar-refractivity contribution in [2.75, 3.05) is 13.1 Å². The average molecular weight is 328 g/mol. The number of hydrogen-bond acceptors (Lipinski definition) is 4. The molecule has 0 fully saturated rings. The molecule has 0 aliphatic carbocycles. The summed E-state index contributed by atoms with van der Waals surface area (Å²) in [6, 6.07) is 6.80. The Morgan fingerprint density at radius 3 is 2.59 bits per heavy atom. The van der Waals surface area contributed by atoms with Crippen LogP contribution >= 0.6 is 12.4 Å². The number of ether oxygens (including phenoxy) is 1. The number of carbonyl (C=O) groups excluding carboxylic acids is 2. The second-order valence-electron chi connectivity index (χ2n) is 5.02. The van der Waals surface area contributed by atoms with Crippen molar-refractivity contribution in [2.24, 2.45) is 0 Å². The van der Waals surface area contributed by atoms with Crippen LogP contribution in [-0.2, 0) is 4.79 Å². The molecule has 0 spiro atoms. The standard InChI is InChI=1S/C17H25NO3.ClH/c1-3-5-6-7-11-17(20)21-15-10-8-9-14(12-15)16(19)13-18-4-2;/h8-10,12,18H,3-7,11,13H2,1-2H3;1H. The molecule has 0 bridgehead atoms. The van der Waals surface area contributed by atoms with Crippen molar-refractivity contribution < 1.29 is 14.3 Å². The predicted molar refractivity (Wildman–Crippen MR) is 91.0 cm³/mol. The average Bonchev–Trinajstić information content (AvgIpc) is 2.49. The van der Waals surface area contributed by atoms with Crippen LogP contribution in [-0.4, -0.2) is 24.8 Å². The number of carbonyl (C=O) groups is 2. The Kier molecular flexibility index (Phi) is 11.4. The Bertz CT molecular complexity index is 463. The van der Waals surface area contributed by atoms with Gasteiger partial charge in [0.05, 0.1) is 6.54 Å². The molecule has 5 heteroatoms. The molecule has 0 radical (unpaired) electrons. The van der Waals surface area contributed by atoms with Gasteiger partial charge in [0, 0.05) is 12.0 Å². The summed E-state index contributed by atoms with van der Waals surface area (Å²) in [5.41, 5.74) is 0.562. The molecule has 0 unspecified atom stereocenters. The minimum Gasteiger partial charge on any atom is -0.427 e. The van der Waals surface area contributed by atoms with Gasteiger partial charge in [0.15, 0.2) is 5.78 Å². The molecule has 0 saturated carbocycles. The lowest BCUT2D eigenvalue weighted by Gasteiger charge is -2.06. The van der Waals surface area contributed by atoms with Crippen LogP contribution in [0.15, 0.2) is 24.3 Å². The van der Waals surface area contributed by atoms with Crippen LogP contribution in [0.4, 0.5) is 0 Å². The summed E-state index contributed by atoms with van der Waals surface area (Å²) in [6.45, 7) is 5.13. The van der Waals surface area contributed by atoms with E-state index in [0.29, 0.717) is 24.3 Å². The zero-order chi connectivity index (χ0) is 15.5. The zero-order valence-corrected chi connectivity index (χ0v) is 14.2. The molecule has 0 aliphatic heterocycles. The highest BCUT2D eigenvalue weighted by Gasteiger charge is 2.09. The van der Waals surface area contributed by atoms with E-state index in [4.69, 9.17) is 4.74 Å². The van der Waals surface area contributed by atoms with E-state index in [9.17, 15) is 9.59 Å². The summed E-state index contributed by atoms with van der Waals surface area (Å²) >= 11 is 0. The van der Waals surface area contributed by atoms with Crippen molar-refractivity contribution in [1.82, 2.24) is 5.32 Å². The first-order valence-corrected chi connectivity index (χ1v) is 7.72. The second-order valence-corrected chi connectivity index (χ2v) is 5.02. The Morgan fingerprint density at radius 2 is 1.91 bits per heavy atom. The summed E-state index contributed by atoms with van der Waals surface area (Å²) in [6.07, 6.45) is 4.61. The predicted octanol–water partition coefficient (Wildman–Crippen LogP) is 3.78. The monoisotopic (exact) mass is 327 g/mol. The van der Waals surface area contributed by atoms with E-state index >= 15 is 0 Å². The molecule has 0 aliphatic rings. The first kappa shape index (κ1) is 20.6. The Labute approximate surface area is 139 Å². The number of likely N-dealkylation sites (N-methyl/N-ethyl adjacent to an activating group) is 1. The minimum absolute atomic E-state index is 0. The molecule has 1 aromatic rings. The second kappa shape index (κ2) is 12.2. The fourth-order valence-corrected chi connectivity index (χ4v) is 1.95. The Morgan fingerprint density at radius 1 is 1.14 bits per heavy atom. The number of benzene rings is 1. The van der Waals surface area contributed by atoms with Crippen molar-refractivity contribution in [3.8, 4) is 5.75 Å². The minimum atomic E-state index is -0.234. The molecule has 124 valence electrons. The SMILES string of the molecule is CCCCCCC(=O)Oc1cccc(C(=O)CNCC)c1.Cl. The highest BCUT2D eigenvalue weighted by atomic mass is 35.5. The van der Waals surface area contributed by atoms with Crippen molar-refractivity contribution in [3.63, 3.8) is 0 Å². The van der Waals surface area contributed by atoms with Gasteiger partial charge in [-0.05, 0) is 25.1 Å². The van der Waals surface area contributed by atoms with E-state index in [1.54, 1.807) is 24.3 Å². The number of unbranched alkanes of at least 4 members (excludes halogenated alkanes) is 3. The molecule has 1 N–H and O–H groups in total. The molecule has 0 aromatic heterocycles. The highest BCUT2D eigenvalue weighted by molar-refractivity contribution is 5.98. The van der Waals surface area contributed by atoms with Gasteiger partial charge in [-0.25, -0.2) is 0 Å². The number of ketones is 1. The van der Waals surface area contributed by atoms with E-state index in [-0.39, 0.29) is 24.2 Å². The first-order valence-electron chi connectivity index (χ1n) is 7.72. The molecular formula is C17H26ClNO3. The zero-order valence-electron chi connectivity index (χ0n) is 13.4. The van der Waals surface area contributed by atoms with Gasteiger partial charge in [-0.15, -0.1) is 12.4 Å². The lowest BCUT2D eigenvalue weighted by Crippen LogP contribution is -2.22. The van der Waals surface area contributed by atoms with Gasteiger partial charge in [-0.2, -0.15) is 0 Å². The molecule has 0 amide bonds. The van der Waals surface area contributed by atoms with E-state index in [2.05, 4.69) is 12.2 Å². The van der Waals surface area contributed by atoms with Gasteiger partial charge >= 0.3 is 5.97 Å². The molecule has 0 saturated heterocycles. The number of esters is 1. The van der Waals surface area contributed by atoms with Gasteiger partial charge in [0.1, 0.15) is 5.75 Å². The molecule has 0 heterocycles. The van der Waals surface area contributed by atoms with Gasteiger partial charge in [-0.3, -0.25) is 9.59 Å². The molecular weight excluding hydrogens is 302 g/mol. The maximum atomic E-state index is 11.9. The van der Waals surface area contributed by atoms with Crippen LogP contribution in [0, 0.1) is 0 Å². The van der Waals surface area contributed by atoms with Crippen molar-refractivity contribution in [3.05, 3.63) is 29.8 Å². The maximum Gasteiger partial charge on any atom is 0.311 e. The third kappa shape index (κ3) is 8.15. The molecule has 1 rings (SSSR count). The fourth-order valence-electron chi connectivity index (χ4n) is 1.95. The summed E-state index contributed by atoms with van der Waals surface area (Å²) in [4.78, 5) is 23.6.